The average molecular weight is 265 g/mol. The quantitative estimate of drug-likeness (QED) is 0.889. The Balaban J connectivity index is 2.68. The van der Waals surface area contributed by atoms with Crippen molar-refractivity contribution in [2.45, 2.75) is 11.8 Å². The Morgan fingerprint density at radius 1 is 1.28 bits per heavy atom. The summed E-state index contributed by atoms with van der Waals surface area (Å²) in [7, 11) is -1.48. The van der Waals surface area contributed by atoms with E-state index in [2.05, 4.69) is 5.10 Å². The number of benzene rings is 1. The molecule has 0 bridgehead atoms. The number of nitrogens with zero attached hydrogens (tertiary/aromatic N) is 2. The van der Waals surface area contributed by atoms with Gasteiger partial charge in [-0.3, -0.25) is 4.68 Å². The highest BCUT2D eigenvalue weighted by molar-refractivity contribution is 7.90. The van der Waals surface area contributed by atoms with Gasteiger partial charge in [-0.25, -0.2) is 8.42 Å². The van der Waals surface area contributed by atoms with Crippen LogP contribution in [0.15, 0.2) is 29.3 Å². The van der Waals surface area contributed by atoms with Gasteiger partial charge in [0, 0.05) is 18.9 Å². The molecule has 0 aliphatic rings. The van der Waals surface area contributed by atoms with Gasteiger partial charge < -0.3 is 5.73 Å². The van der Waals surface area contributed by atoms with E-state index in [4.69, 9.17) is 5.73 Å². The summed E-state index contributed by atoms with van der Waals surface area (Å²) in [5, 5.41) is 4.07. The standard InChI is InChI=1S/C12H15N3O2S/c1-8-4-5-9(18(3,16)17)6-10(8)11-7-14-15(2)12(11)13/h4-7H,13H2,1-3H3. The van der Waals surface area contributed by atoms with Crippen molar-refractivity contribution in [3.05, 3.63) is 30.0 Å². The zero-order chi connectivity index (χ0) is 13.5. The van der Waals surface area contributed by atoms with Gasteiger partial charge in [0.25, 0.3) is 0 Å². The molecule has 5 nitrogen and oxygen atoms in total. The Kier molecular flexibility index (Phi) is 2.90. The second-order valence-corrected chi connectivity index (χ2v) is 6.33. The van der Waals surface area contributed by atoms with Crippen LogP contribution in [0.25, 0.3) is 11.1 Å². The molecular formula is C12H15N3O2S. The Labute approximate surface area is 106 Å². The predicted octanol–water partition coefficient (Wildman–Crippen LogP) is 1.38. The van der Waals surface area contributed by atoms with Crippen LogP contribution in [0.3, 0.4) is 0 Å². The molecule has 18 heavy (non-hydrogen) atoms. The first-order valence-electron chi connectivity index (χ1n) is 5.39. The molecule has 0 aliphatic heterocycles. The van der Waals surface area contributed by atoms with Gasteiger partial charge in [0.2, 0.25) is 0 Å². The van der Waals surface area contributed by atoms with Gasteiger partial charge in [0.1, 0.15) is 5.82 Å². The smallest absolute Gasteiger partial charge is 0.175 e. The van der Waals surface area contributed by atoms with Crippen LogP contribution in [0.4, 0.5) is 5.82 Å². The van der Waals surface area contributed by atoms with E-state index in [1.165, 1.54) is 6.26 Å². The van der Waals surface area contributed by atoms with Gasteiger partial charge in [-0.1, -0.05) is 6.07 Å². The van der Waals surface area contributed by atoms with E-state index < -0.39 is 9.84 Å². The predicted molar refractivity (Wildman–Crippen MR) is 70.9 cm³/mol. The van der Waals surface area contributed by atoms with Gasteiger partial charge in [-0.15, -0.1) is 0 Å². The number of sulfone groups is 1. The molecule has 96 valence electrons. The first-order chi connectivity index (χ1) is 8.30. The highest BCUT2D eigenvalue weighted by Crippen LogP contribution is 2.30. The summed E-state index contributed by atoms with van der Waals surface area (Å²) in [5.41, 5.74) is 8.42. The van der Waals surface area contributed by atoms with E-state index in [0.29, 0.717) is 5.82 Å². The van der Waals surface area contributed by atoms with Crippen molar-refractivity contribution in [1.82, 2.24) is 9.78 Å². The van der Waals surface area contributed by atoms with E-state index in [9.17, 15) is 8.42 Å². The molecule has 0 saturated carbocycles. The number of hydrogen-bond acceptors (Lipinski definition) is 4. The Bertz CT molecular complexity index is 702. The second-order valence-electron chi connectivity index (χ2n) is 4.32. The highest BCUT2D eigenvalue weighted by atomic mass is 32.2. The maximum Gasteiger partial charge on any atom is 0.175 e. The molecule has 2 aromatic rings. The molecule has 1 heterocycles. The Morgan fingerprint density at radius 2 is 1.94 bits per heavy atom. The van der Waals surface area contributed by atoms with Crippen molar-refractivity contribution in [3.63, 3.8) is 0 Å². The maximum atomic E-state index is 11.6. The minimum atomic E-state index is -3.22. The summed E-state index contributed by atoms with van der Waals surface area (Å²) in [6.07, 6.45) is 2.83. The molecule has 0 saturated heterocycles. The second kappa shape index (κ2) is 4.13. The van der Waals surface area contributed by atoms with Crippen LogP contribution in [0.2, 0.25) is 0 Å². The topological polar surface area (TPSA) is 78.0 Å². The molecule has 0 aliphatic carbocycles. The molecule has 1 aromatic carbocycles. The normalized spacial score (nSPS) is 11.7. The molecule has 1 aromatic heterocycles. The van der Waals surface area contributed by atoms with E-state index in [1.807, 2.05) is 6.92 Å². The number of rotatable bonds is 2. The Hall–Kier alpha value is -1.82. The van der Waals surface area contributed by atoms with Crippen LogP contribution < -0.4 is 5.73 Å². The monoisotopic (exact) mass is 265 g/mol. The third-order valence-corrected chi connectivity index (χ3v) is 4.02. The zero-order valence-corrected chi connectivity index (χ0v) is 11.3. The lowest BCUT2D eigenvalue weighted by atomic mass is 10.0. The molecule has 2 rings (SSSR count). The van der Waals surface area contributed by atoms with Crippen molar-refractivity contribution in [2.24, 2.45) is 7.05 Å². The van der Waals surface area contributed by atoms with Crippen LogP contribution in [0.5, 0.6) is 0 Å². The van der Waals surface area contributed by atoms with Crippen molar-refractivity contribution >= 4 is 15.7 Å². The summed E-state index contributed by atoms with van der Waals surface area (Å²) < 4.78 is 24.7. The third-order valence-electron chi connectivity index (χ3n) is 2.91. The largest absolute Gasteiger partial charge is 0.383 e. The van der Waals surface area contributed by atoms with Crippen LogP contribution in [-0.2, 0) is 16.9 Å². The number of aryl methyl sites for hydroxylation is 2. The van der Waals surface area contributed by atoms with Crippen molar-refractivity contribution in [1.29, 1.82) is 0 Å². The van der Waals surface area contributed by atoms with Gasteiger partial charge in [0.15, 0.2) is 9.84 Å². The summed E-state index contributed by atoms with van der Waals surface area (Å²) in [5.74, 6) is 0.517. The van der Waals surface area contributed by atoms with Crippen LogP contribution in [0, 0.1) is 6.92 Å². The van der Waals surface area contributed by atoms with Crippen molar-refractivity contribution < 1.29 is 8.42 Å². The Morgan fingerprint density at radius 3 is 2.44 bits per heavy atom. The van der Waals surface area contributed by atoms with Gasteiger partial charge in [-0.2, -0.15) is 5.10 Å². The van der Waals surface area contributed by atoms with Crippen LogP contribution in [0.1, 0.15) is 5.56 Å². The molecule has 6 heteroatoms. The van der Waals surface area contributed by atoms with Gasteiger partial charge in [0.05, 0.1) is 11.1 Å². The molecule has 0 atom stereocenters. The molecule has 0 unspecified atom stereocenters. The number of nitrogen functional groups attached to an aromatic ring is 1. The van der Waals surface area contributed by atoms with Crippen molar-refractivity contribution in [3.8, 4) is 11.1 Å². The van der Waals surface area contributed by atoms with Gasteiger partial charge >= 0.3 is 0 Å². The molecule has 0 spiro atoms. The lowest BCUT2D eigenvalue weighted by Crippen LogP contribution is -2.00. The fourth-order valence-corrected chi connectivity index (χ4v) is 2.42. The SMILES string of the molecule is Cc1ccc(S(C)(=O)=O)cc1-c1cnn(C)c1N. The number of aromatic nitrogens is 2. The lowest BCUT2D eigenvalue weighted by molar-refractivity contribution is 0.602. The number of nitrogens with two attached hydrogens (primary N) is 1. The van der Waals surface area contributed by atoms with Gasteiger partial charge in [-0.05, 0) is 30.2 Å². The highest BCUT2D eigenvalue weighted by Gasteiger charge is 2.14. The number of hydrogen-bond donors (Lipinski definition) is 1. The zero-order valence-electron chi connectivity index (χ0n) is 10.5. The van der Waals surface area contributed by atoms with E-state index in [0.717, 1.165) is 16.7 Å². The van der Waals surface area contributed by atoms with E-state index >= 15 is 0 Å². The fourth-order valence-electron chi connectivity index (χ4n) is 1.78. The van der Waals surface area contributed by atoms with Crippen molar-refractivity contribution in [2.75, 3.05) is 12.0 Å². The molecule has 0 amide bonds. The van der Waals surface area contributed by atoms with E-state index in [-0.39, 0.29) is 4.90 Å². The minimum absolute atomic E-state index is 0.284. The first kappa shape index (κ1) is 12.6. The number of anilines is 1. The summed E-state index contributed by atoms with van der Waals surface area (Å²) in [6.45, 7) is 1.91. The first-order valence-corrected chi connectivity index (χ1v) is 7.28. The summed E-state index contributed by atoms with van der Waals surface area (Å²) in [6, 6.07) is 5.01. The summed E-state index contributed by atoms with van der Waals surface area (Å²) >= 11 is 0. The fraction of sp³-hybridized carbons (Fsp3) is 0.250. The molecule has 2 N–H and O–H groups in total. The summed E-state index contributed by atoms with van der Waals surface area (Å²) in [4.78, 5) is 0.284. The molecular weight excluding hydrogens is 250 g/mol. The maximum absolute atomic E-state index is 11.6. The minimum Gasteiger partial charge on any atom is -0.383 e. The molecule has 0 radical (unpaired) electrons. The lowest BCUT2D eigenvalue weighted by Gasteiger charge is -2.07. The average Bonchev–Trinajstić information content (AvgIpc) is 2.59. The molecule has 0 fully saturated rings. The van der Waals surface area contributed by atoms with Crippen LogP contribution in [-0.4, -0.2) is 24.5 Å². The van der Waals surface area contributed by atoms with Crippen LogP contribution >= 0.6 is 0 Å². The van der Waals surface area contributed by atoms with E-state index in [1.54, 1.807) is 36.1 Å². The third kappa shape index (κ3) is 2.11.